The van der Waals surface area contributed by atoms with Gasteiger partial charge < -0.3 is 5.32 Å². The number of hydrogen-bond acceptors (Lipinski definition) is 3. The Kier molecular flexibility index (Phi) is 4.34. The first-order valence-electron chi connectivity index (χ1n) is 5.90. The molecule has 0 saturated heterocycles. The maximum absolute atomic E-state index is 13.6. The van der Waals surface area contributed by atoms with E-state index < -0.39 is 41.0 Å². The van der Waals surface area contributed by atoms with Gasteiger partial charge in [0.2, 0.25) is 0 Å². The van der Waals surface area contributed by atoms with Crippen molar-refractivity contribution < 1.29 is 26.7 Å². The largest absolute Gasteiger partial charge is 0.413 e. The fourth-order valence-corrected chi connectivity index (χ4v) is 1.73. The van der Waals surface area contributed by atoms with Gasteiger partial charge >= 0.3 is 6.18 Å². The van der Waals surface area contributed by atoms with Crippen LogP contribution in [-0.2, 0) is 0 Å². The van der Waals surface area contributed by atoms with Crippen LogP contribution in [0.4, 0.5) is 22.0 Å². The van der Waals surface area contributed by atoms with Crippen molar-refractivity contribution in [2.45, 2.75) is 12.2 Å². The molecule has 1 atom stereocenters. The third kappa shape index (κ3) is 3.35. The summed E-state index contributed by atoms with van der Waals surface area (Å²) in [6.07, 6.45) is -3.88. The Balaban J connectivity index is 2.39. The Morgan fingerprint density at radius 1 is 1.09 bits per heavy atom. The third-order valence-electron chi connectivity index (χ3n) is 2.70. The van der Waals surface area contributed by atoms with E-state index in [1.807, 2.05) is 0 Å². The average molecular weight is 317 g/mol. The number of nitrogens with zero attached hydrogens (tertiary/aromatic N) is 2. The predicted molar refractivity (Wildman–Crippen MR) is 64.7 cm³/mol. The number of carbonyl (C=O) groups is 1. The highest BCUT2D eigenvalue weighted by molar-refractivity contribution is 5.92. The maximum atomic E-state index is 13.6. The minimum Gasteiger partial charge on any atom is -0.335 e. The van der Waals surface area contributed by atoms with E-state index in [-0.39, 0.29) is 0 Å². The molecule has 0 aliphatic carbocycles. The number of rotatable bonds is 3. The molecule has 1 aromatic carbocycles. The van der Waals surface area contributed by atoms with Crippen LogP contribution in [0.1, 0.15) is 22.1 Å². The summed E-state index contributed by atoms with van der Waals surface area (Å²) in [6, 6.07) is 1.83. The highest BCUT2D eigenvalue weighted by atomic mass is 19.4. The zero-order chi connectivity index (χ0) is 16.3. The van der Waals surface area contributed by atoms with E-state index >= 15 is 0 Å². The lowest BCUT2D eigenvalue weighted by Crippen LogP contribution is -2.39. The summed E-state index contributed by atoms with van der Waals surface area (Å²) >= 11 is 0. The SMILES string of the molecule is O=C(NC(c1c(F)cccc1F)C(F)(F)F)c1cccnn1. The molecule has 0 fully saturated rings. The second kappa shape index (κ2) is 6.04. The molecule has 1 heterocycles. The summed E-state index contributed by atoms with van der Waals surface area (Å²) in [6.45, 7) is 0. The summed E-state index contributed by atoms with van der Waals surface area (Å²) in [5.74, 6) is -4.08. The molecule has 0 spiro atoms. The van der Waals surface area contributed by atoms with E-state index in [4.69, 9.17) is 0 Å². The minimum absolute atomic E-state index is 0.409. The van der Waals surface area contributed by atoms with Gasteiger partial charge in [0.15, 0.2) is 11.7 Å². The molecule has 0 radical (unpaired) electrons. The number of halogens is 5. The zero-order valence-electron chi connectivity index (χ0n) is 10.7. The Bertz CT molecular complexity index is 655. The Morgan fingerprint density at radius 2 is 1.73 bits per heavy atom. The summed E-state index contributed by atoms with van der Waals surface area (Å²) in [4.78, 5) is 11.7. The molecule has 0 bridgehead atoms. The number of nitrogens with one attached hydrogen (secondary N) is 1. The van der Waals surface area contributed by atoms with Crippen LogP contribution in [0.5, 0.6) is 0 Å². The standard InChI is InChI=1S/C13H8F5N3O/c14-7-3-1-4-8(15)10(7)11(13(16,17)18)20-12(22)9-5-2-6-19-21-9/h1-6,11H,(H,20,22). The van der Waals surface area contributed by atoms with Crippen molar-refractivity contribution in [3.05, 3.63) is 59.4 Å². The molecule has 9 heteroatoms. The van der Waals surface area contributed by atoms with Crippen LogP contribution in [-0.4, -0.2) is 22.3 Å². The second-order valence-electron chi connectivity index (χ2n) is 4.19. The molecule has 2 aromatic rings. The van der Waals surface area contributed by atoms with Crippen LogP contribution in [0, 0.1) is 11.6 Å². The topological polar surface area (TPSA) is 54.9 Å². The first kappa shape index (κ1) is 15.8. The van der Waals surface area contributed by atoms with E-state index in [2.05, 4.69) is 10.2 Å². The van der Waals surface area contributed by atoms with Crippen molar-refractivity contribution in [2.24, 2.45) is 0 Å². The molecule has 116 valence electrons. The lowest BCUT2D eigenvalue weighted by molar-refractivity contribution is -0.156. The first-order valence-corrected chi connectivity index (χ1v) is 5.90. The van der Waals surface area contributed by atoms with Crippen molar-refractivity contribution in [1.82, 2.24) is 15.5 Å². The van der Waals surface area contributed by atoms with E-state index in [0.717, 1.165) is 12.1 Å². The number of carbonyl (C=O) groups excluding carboxylic acids is 1. The number of amides is 1. The molecule has 1 unspecified atom stereocenters. The van der Waals surface area contributed by atoms with Gasteiger partial charge in [0, 0.05) is 6.20 Å². The van der Waals surface area contributed by atoms with Gasteiger partial charge in [0.1, 0.15) is 11.6 Å². The minimum atomic E-state index is -5.10. The van der Waals surface area contributed by atoms with Gasteiger partial charge in [-0.05, 0) is 24.3 Å². The lowest BCUT2D eigenvalue weighted by atomic mass is 10.0. The van der Waals surface area contributed by atoms with Crippen molar-refractivity contribution in [3.8, 4) is 0 Å². The molecule has 4 nitrogen and oxygen atoms in total. The smallest absolute Gasteiger partial charge is 0.335 e. The molecule has 2 rings (SSSR count). The van der Waals surface area contributed by atoms with Crippen LogP contribution in [0.3, 0.4) is 0 Å². The van der Waals surface area contributed by atoms with Gasteiger partial charge in [-0.2, -0.15) is 18.3 Å². The van der Waals surface area contributed by atoms with Gasteiger partial charge in [-0.1, -0.05) is 6.07 Å². The van der Waals surface area contributed by atoms with Crippen molar-refractivity contribution in [3.63, 3.8) is 0 Å². The Labute approximate surface area is 121 Å². The Hall–Kier alpha value is -2.58. The van der Waals surface area contributed by atoms with Gasteiger partial charge in [-0.3, -0.25) is 4.79 Å². The molecule has 1 N–H and O–H groups in total. The monoisotopic (exact) mass is 317 g/mol. The molecular weight excluding hydrogens is 309 g/mol. The fraction of sp³-hybridized carbons (Fsp3) is 0.154. The highest BCUT2D eigenvalue weighted by Crippen LogP contribution is 2.35. The van der Waals surface area contributed by atoms with Crippen LogP contribution in [0.15, 0.2) is 36.5 Å². The van der Waals surface area contributed by atoms with Crippen molar-refractivity contribution in [2.75, 3.05) is 0 Å². The zero-order valence-corrected chi connectivity index (χ0v) is 10.7. The Morgan fingerprint density at radius 3 is 2.23 bits per heavy atom. The summed E-state index contributed by atoms with van der Waals surface area (Å²) in [5.41, 5.74) is -1.69. The van der Waals surface area contributed by atoms with Crippen molar-refractivity contribution in [1.29, 1.82) is 0 Å². The third-order valence-corrected chi connectivity index (χ3v) is 2.70. The van der Waals surface area contributed by atoms with E-state index in [1.54, 1.807) is 0 Å². The summed E-state index contributed by atoms with van der Waals surface area (Å²) in [7, 11) is 0. The lowest BCUT2D eigenvalue weighted by Gasteiger charge is -2.22. The number of alkyl halides is 3. The predicted octanol–water partition coefficient (Wildman–Crippen LogP) is 2.79. The normalized spacial score (nSPS) is 12.8. The van der Waals surface area contributed by atoms with Crippen LogP contribution in [0.2, 0.25) is 0 Å². The molecule has 0 saturated carbocycles. The average Bonchev–Trinajstić information content (AvgIpc) is 2.45. The van der Waals surface area contributed by atoms with Gasteiger partial charge in [-0.15, -0.1) is 5.10 Å². The summed E-state index contributed by atoms with van der Waals surface area (Å²) < 4.78 is 66.3. The maximum Gasteiger partial charge on any atom is 0.413 e. The fourth-order valence-electron chi connectivity index (χ4n) is 1.73. The quantitative estimate of drug-likeness (QED) is 0.886. The van der Waals surface area contributed by atoms with Crippen LogP contribution < -0.4 is 5.32 Å². The molecular formula is C13H8F5N3O. The van der Waals surface area contributed by atoms with Gasteiger partial charge in [-0.25, -0.2) is 8.78 Å². The van der Waals surface area contributed by atoms with Crippen LogP contribution in [0.25, 0.3) is 0 Å². The van der Waals surface area contributed by atoms with E-state index in [1.165, 1.54) is 17.6 Å². The molecule has 0 aliphatic rings. The highest BCUT2D eigenvalue weighted by Gasteiger charge is 2.45. The molecule has 22 heavy (non-hydrogen) atoms. The van der Waals surface area contributed by atoms with E-state index in [0.29, 0.717) is 12.1 Å². The van der Waals surface area contributed by atoms with Crippen LogP contribution >= 0.6 is 0 Å². The van der Waals surface area contributed by atoms with Gasteiger partial charge in [0.25, 0.3) is 5.91 Å². The number of hydrogen-bond donors (Lipinski definition) is 1. The molecule has 0 aliphatic heterocycles. The number of benzene rings is 1. The first-order chi connectivity index (χ1) is 10.3. The molecule has 1 aromatic heterocycles. The summed E-state index contributed by atoms with van der Waals surface area (Å²) in [5, 5.41) is 8.20. The molecule has 1 amide bonds. The second-order valence-corrected chi connectivity index (χ2v) is 4.19. The van der Waals surface area contributed by atoms with Crippen molar-refractivity contribution >= 4 is 5.91 Å². The van der Waals surface area contributed by atoms with E-state index in [9.17, 15) is 26.7 Å². The van der Waals surface area contributed by atoms with Gasteiger partial charge in [0.05, 0.1) is 5.56 Å². The number of aromatic nitrogens is 2.